The lowest BCUT2D eigenvalue weighted by molar-refractivity contribution is 0.571. The van der Waals surface area contributed by atoms with E-state index in [1.54, 1.807) is 0 Å². The van der Waals surface area contributed by atoms with Gasteiger partial charge in [0.1, 0.15) is 16.2 Å². The number of aryl methyl sites for hydroxylation is 1. The second kappa shape index (κ2) is 5.62. The zero-order valence-corrected chi connectivity index (χ0v) is 11.3. The van der Waals surface area contributed by atoms with Crippen molar-refractivity contribution in [3.05, 3.63) is 16.5 Å². The Kier molecular flexibility index (Phi) is 4.16. The summed E-state index contributed by atoms with van der Waals surface area (Å²) in [6.45, 7) is 4.43. The molecule has 16 heavy (non-hydrogen) atoms. The van der Waals surface area contributed by atoms with Gasteiger partial charge < -0.3 is 4.90 Å². The van der Waals surface area contributed by atoms with E-state index >= 15 is 0 Å². The second-order valence-electron chi connectivity index (χ2n) is 4.26. The lowest BCUT2D eigenvalue weighted by Gasteiger charge is -2.27. The molecule has 1 aliphatic heterocycles. The number of rotatable bonds is 3. The predicted molar refractivity (Wildman–Crippen MR) is 69.8 cm³/mol. The molecule has 0 aliphatic carbocycles. The summed E-state index contributed by atoms with van der Waals surface area (Å²) in [7, 11) is 0. The highest BCUT2D eigenvalue weighted by molar-refractivity contribution is 9.10. The molecule has 0 aromatic carbocycles. The van der Waals surface area contributed by atoms with Gasteiger partial charge in [0.25, 0.3) is 0 Å². The minimum absolute atomic E-state index is 0.909. The van der Waals surface area contributed by atoms with Gasteiger partial charge in [-0.15, -0.1) is 0 Å². The molecule has 2 rings (SSSR count). The first-order chi connectivity index (χ1) is 7.79. The van der Waals surface area contributed by atoms with Gasteiger partial charge in [0.2, 0.25) is 0 Å². The molecule has 1 fully saturated rings. The van der Waals surface area contributed by atoms with E-state index in [0.29, 0.717) is 0 Å². The third kappa shape index (κ3) is 2.94. The van der Waals surface area contributed by atoms with E-state index in [4.69, 9.17) is 0 Å². The zero-order valence-electron chi connectivity index (χ0n) is 9.75. The molecule has 1 saturated heterocycles. The maximum absolute atomic E-state index is 4.63. The third-order valence-corrected chi connectivity index (χ3v) is 3.29. The van der Waals surface area contributed by atoms with Crippen molar-refractivity contribution < 1.29 is 0 Å². The van der Waals surface area contributed by atoms with Crippen LogP contribution in [0, 0.1) is 0 Å². The van der Waals surface area contributed by atoms with E-state index in [-0.39, 0.29) is 0 Å². The van der Waals surface area contributed by atoms with Crippen molar-refractivity contribution in [1.29, 1.82) is 0 Å². The Balaban J connectivity index is 2.18. The van der Waals surface area contributed by atoms with Gasteiger partial charge in [0, 0.05) is 25.6 Å². The molecular formula is C12H18BrN3. The van der Waals surface area contributed by atoms with Crippen molar-refractivity contribution in [3.63, 3.8) is 0 Å². The van der Waals surface area contributed by atoms with E-state index in [0.717, 1.165) is 42.2 Å². The average molecular weight is 284 g/mol. The SMILES string of the molecule is CCCc1nc(Br)cc(N2CCCCC2)n1. The quantitative estimate of drug-likeness (QED) is 0.798. The monoisotopic (exact) mass is 283 g/mol. The molecule has 1 aromatic rings. The lowest BCUT2D eigenvalue weighted by Crippen LogP contribution is -2.30. The Morgan fingerprint density at radius 1 is 1.25 bits per heavy atom. The highest BCUT2D eigenvalue weighted by atomic mass is 79.9. The summed E-state index contributed by atoms with van der Waals surface area (Å²) in [5.41, 5.74) is 0. The van der Waals surface area contributed by atoms with E-state index in [1.165, 1.54) is 19.3 Å². The summed E-state index contributed by atoms with van der Waals surface area (Å²) in [6.07, 6.45) is 5.97. The van der Waals surface area contributed by atoms with Crippen molar-refractivity contribution in [3.8, 4) is 0 Å². The summed E-state index contributed by atoms with van der Waals surface area (Å²) >= 11 is 3.47. The molecule has 1 aliphatic rings. The number of halogens is 1. The molecular weight excluding hydrogens is 266 g/mol. The van der Waals surface area contributed by atoms with Crippen LogP contribution in [0.1, 0.15) is 38.4 Å². The van der Waals surface area contributed by atoms with Crippen LogP contribution in [0.4, 0.5) is 5.82 Å². The highest BCUT2D eigenvalue weighted by Crippen LogP contribution is 2.20. The Morgan fingerprint density at radius 3 is 2.69 bits per heavy atom. The van der Waals surface area contributed by atoms with Crippen LogP contribution in [0.25, 0.3) is 0 Å². The number of aromatic nitrogens is 2. The van der Waals surface area contributed by atoms with Crippen molar-refractivity contribution in [1.82, 2.24) is 9.97 Å². The topological polar surface area (TPSA) is 29.0 Å². The summed E-state index contributed by atoms with van der Waals surface area (Å²) < 4.78 is 0.909. The van der Waals surface area contributed by atoms with Crippen molar-refractivity contribution in [2.24, 2.45) is 0 Å². The van der Waals surface area contributed by atoms with Gasteiger partial charge in [-0.05, 0) is 41.6 Å². The number of hydrogen-bond acceptors (Lipinski definition) is 3. The molecule has 0 atom stereocenters. The maximum Gasteiger partial charge on any atom is 0.133 e. The first-order valence-electron chi connectivity index (χ1n) is 6.08. The van der Waals surface area contributed by atoms with E-state index < -0.39 is 0 Å². The fourth-order valence-corrected chi connectivity index (χ4v) is 2.48. The number of hydrogen-bond donors (Lipinski definition) is 0. The molecule has 88 valence electrons. The fourth-order valence-electron chi connectivity index (χ4n) is 2.07. The van der Waals surface area contributed by atoms with Crippen LogP contribution in [-0.4, -0.2) is 23.1 Å². The largest absolute Gasteiger partial charge is 0.356 e. The predicted octanol–water partition coefficient (Wildman–Crippen LogP) is 3.18. The van der Waals surface area contributed by atoms with Gasteiger partial charge in [0.15, 0.2) is 0 Å². The van der Waals surface area contributed by atoms with Gasteiger partial charge in [-0.2, -0.15) is 0 Å². The molecule has 0 radical (unpaired) electrons. The normalized spacial score (nSPS) is 16.5. The molecule has 4 heteroatoms. The fraction of sp³-hybridized carbons (Fsp3) is 0.667. The van der Waals surface area contributed by atoms with Crippen LogP contribution < -0.4 is 4.90 Å². The smallest absolute Gasteiger partial charge is 0.133 e. The van der Waals surface area contributed by atoms with Crippen molar-refractivity contribution in [2.75, 3.05) is 18.0 Å². The molecule has 3 nitrogen and oxygen atoms in total. The average Bonchev–Trinajstić information content (AvgIpc) is 2.30. The molecule has 0 saturated carbocycles. The maximum atomic E-state index is 4.63. The summed E-state index contributed by atoms with van der Waals surface area (Å²) in [5.74, 6) is 2.04. The summed E-state index contributed by atoms with van der Waals surface area (Å²) in [6, 6.07) is 2.03. The third-order valence-electron chi connectivity index (χ3n) is 2.88. The van der Waals surface area contributed by atoms with E-state index in [9.17, 15) is 0 Å². The lowest BCUT2D eigenvalue weighted by atomic mass is 10.1. The minimum Gasteiger partial charge on any atom is -0.356 e. The van der Waals surface area contributed by atoms with Gasteiger partial charge in [-0.25, -0.2) is 9.97 Å². The van der Waals surface area contributed by atoms with Crippen molar-refractivity contribution >= 4 is 21.7 Å². The molecule has 0 N–H and O–H groups in total. The Morgan fingerprint density at radius 2 is 2.00 bits per heavy atom. The van der Waals surface area contributed by atoms with Gasteiger partial charge in [-0.3, -0.25) is 0 Å². The first-order valence-corrected chi connectivity index (χ1v) is 6.87. The molecule has 1 aromatic heterocycles. The molecule has 0 amide bonds. The van der Waals surface area contributed by atoms with Crippen LogP contribution >= 0.6 is 15.9 Å². The molecule has 2 heterocycles. The van der Waals surface area contributed by atoms with Crippen LogP contribution in [0.3, 0.4) is 0 Å². The molecule has 0 bridgehead atoms. The minimum atomic E-state index is 0.909. The van der Waals surface area contributed by atoms with Gasteiger partial charge in [0.05, 0.1) is 0 Å². The van der Waals surface area contributed by atoms with Crippen LogP contribution in [0.2, 0.25) is 0 Å². The Bertz CT molecular complexity index is 348. The number of nitrogens with zero attached hydrogens (tertiary/aromatic N) is 3. The van der Waals surface area contributed by atoms with Crippen LogP contribution in [0.5, 0.6) is 0 Å². The van der Waals surface area contributed by atoms with Crippen LogP contribution in [-0.2, 0) is 6.42 Å². The Hall–Kier alpha value is -0.640. The van der Waals surface area contributed by atoms with Gasteiger partial charge in [-0.1, -0.05) is 6.92 Å². The van der Waals surface area contributed by atoms with Crippen molar-refractivity contribution in [2.45, 2.75) is 39.0 Å². The molecule has 0 unspecified atom stereocenters. The van der Waals surface area contributed by atoms with Crippen LogP contribution in [0.15, 0.2) is 10.7 Å². The van der Waals surface area contributed by atoms with E-state index in [1.807, 2.05) is 6.07 Å². The highest BCUT2D eigenvalue weighted by Gasteiger charge is 2.13. The van der Waals surface area contributed by atoms with Gasteiger partial charge >= 0.3 is 0 Å². The summed E-state index contributed by atoms with van der Waals surface area (Å²) in [5, 5.41) is 0. The Labute approximate surface area is 105 Å². The first kappa shape index (κ1) is 11.8. The zero-order chi connectivity index (χ0) is 11.4. The standard InChI is InChI=1S/C12H18BrN3/c1-2-6-11-14-10(13)9-12(15-11)16-7-4-3-5-8-16/h9H,2-8H2,1H3. The molecule has 0 spiro atoms. The number of anilines is 1. The van der Waals surface area contributed by atoms with E-state index in [2.05, 4.69) is 37.7 Å². The second-order valence-corrected chi connectivity index (χ2v) is 5.08. The summed E-state index contributed by atoms with van der Waals surface area (Å²) in [4.78, 5) is 11.4. The number of piperidine rings is 1.